The maximum absolute atomic E-state index is 12.7. The number of amides is 1. The molecular weight excluding hydrogens is 396 g/mol. The predicted octanol–water partition coefficient (Wildman–Crippen LogP) is 4.53. The molecule has 1 fully saturated rings. The molecule has 4 rings (SSSR count). The number of hydrogen-bond acceptors (Lipinski definition) is 6. The van der Waals surface area contributed by atoms with E-state index in [1.807, 2.05) is 31.2 Å². The molecule has 1 N–H and O–H groups in total. The smallest absolute Gasteiger partial charge is 0.231 e. The van der Waals surface area contributed by atoms with Gasteiger partial charge in [0.25, 0.3) is 0 Å². The zero-order valence-corrected chi connectivity index (χ0v) is 18.8. The van der Waals surface area contributed by atoms with Crippen LogP contribution in [0.1, 0.15) is 19.4 Å². The summed E-state index contributed by atoms with van der Waals surface area (Å²) >= 11 is 1.64. The Labute approximate surface area is 181 Å². The maximum Gasteiger partial charge on any atom is 0.231 e. The zero-order valence-electron chi connectivity index (χ0n) is 17.9. The fraction of sp³-hybridized carbons (Fsp3) is 0.391. The van der Waals surface area contributed by atoms with Crippen molar-refractivity contribution < 1.29 is 9.53 Å². The standard InChI is InChI=1S/C23H28N4O2S/c1-5-26(6-2)17-10-11-18(15(3)12-17)24-22(28)16-13-27(14-16)23-25-21-19(29-4)8-7-9-20(21)30-23/h7-12,16H,5-6,13-14H2,1-4H3,(H,24,28). The lowest BCUT2D eigenvalue weighted by Crippen LogP contribution is -2.52. The molecule has 1 aromatic heterocycles. The summed E-state index contributed by atoms with van der Waals surface area (Å²) in [5, 5.41) is 4.05. The van der Waals surface area contributed by atoms with E-state index >= 15 is 0 Å². The average Bonchev–Trinajstić information content (AvgIpc) is 3.13. The van der Waals surface area contributed by atoms with E-state index in [0.29, 0.717) is 13.1 Å². The van der Waals surface area contributed by atoms with Crippen LogP contribution in [0, 0.1) is 12.8 Å². The van der Waals surface area contributed by atoms with E-state index in [1.54, 1.807) is 18.4 Å². The normalized spacial score (nSPS) is 13.9. The first-order chi connectivity index (χ1) is 14.5. The fourth-order valence-corrected chi connectivity index (χ4v) is 4.82. The Bertz CT molecular complexity index is 1050. The van der Waals surface area contributed by atoms with Crippen molar-refractivity contribution in [1.82, 2.24) is 4.98 Å². The number of aryl methyl sites for hydroxylation is 1. The Balaban J connectivity index is 1.39. The first-order valence-electron chi connectivity index (χ1n) is 10.4. The highest BCUT2D eigenvalue weighted by Gasteiger charge is 2.34. The predicted molar refractivity (Wildman–Crippen MR) is 125 cm³/mol. The van der Waals surface area contributed by atoms with Crippen LogP contribution in [-0.4, -0.2) is 44.2 Å². The largest absolute Gasteiger partial charge is 0.494 e. The van der Waals surface area contributed by atoms with Crippen LogP contribution in [0.4, 0.5) is 16.5 Å². The van der Waals surface area contributed by atoms with Crippen molar-refractivity contribution in [2.45, 2.75) is 20.8 Å². The third-order valence-electron chi connectivity index (χ3n) is 5.71. The van der Waals surface area contributed by atoms with E-state index in [4.69, 9.17) is 9.72 Å². The summed E-state index contributed by atoms with van der Waals surface area (Å²) in [5.74, 6) is 0.831. The Kier molecular flexibility index (Phi) is 5.81. The highest BCUT2D eigenvalue weighted by atomic mass is 32.1. The van der Waals surface area contributed by atoms with Crippen molar-refractivity contribution in [3.8, 4) is 5.75 Å². The van der Waals surface area contributed by atoms with Crippen LogP contribution in [0.25, 0.3) is 10.2 Å². The molecule has 2 heterocycles. The highest BCUT2D eigenvalue weighted by molar-refractivity contribution is 7.22. The number of aromatic nitrogens is 1. The van der Waals surface area contributed by atoms with Gasteiger partial charge in [-0.2, -0.15) is 0 Å². The van der Waals surface area contributed by atoms with Gasteiger partial charge in [-0.1, -0.05) is 17.4 Å². The number of fused-ring (bicyclic) bond motifs is 1. The fourth-order valence-electron chi connectivity index (χ4n) is 3.82. The number of carbonyl (C=O) groups excluding carboxylic acids is 1. The molecule has 0 radical (unpaired) electrons. The molecule has 0 atom stereocenters. The number of methoxy groups -OCH3 is 1. The number of thiazole rings is 1. The van der Waals surface area contributed by atoms with Gasteiger partial charge in [0.15, 0.2) is 5.13 Å². The first-order valence-corrected chi connectivity index (χ1v) is 11.2. The van der Waals surface area contributed by atoms with Crippen LogP contribution in [0.5, 0.6) is 5.75 Å². The van der Waals surface area contributed by atoms with Crippen LogP contribution in [0.3, 0.4) is 0 Å². The molecule has 158 valence electrons. The molecule has 2 aromatic carbocycles. The molecular formula is C23H28N4O2S. The Hall–Kier alpha value is -2.80. The lowest BCUT2D eigenvalue weighted by atomic mass is 9.99. The number of hydrogen-bond donors (Lipinski definition) is 1. The van der Waals surface area contributed by atoms with Crippen LogP contribution < -0.4 is 19.9 Å². The number of benzene rings is 2. The van der Waals surface area contributed by atoms with Crippen molar-refractivity contribution >= 4 is 44.0 Å². The monoisotopic (exact) mass is 424 g/mol. The number of anilines is 3. The van der Waals surface area contributed by atoms with Crippen LogP contribution >= 0.6 is 11.3 Å². The molecule has 7 heteroatoms. The first kappa shape index (κ1) is 20.5. The lowest BCUT2D eigenvalue weighted by molar-refractivity contribution is -0.120. The molecule has 0 bridgehead atoms. The van der Waals surface area contributed by atoms with Gasteiger partial charge in [-0.15, -0.1) is 0 Å². The Morgan fingerprint density at radius 3 is 2.70 bits per heavy atom. The van der Waals surface area contributed by atoms with E-state index < -0.39 is 0 Å². The van der Waals surface area contributed by atoms with Crippen molar-refractivity contribution in [3.63, 3.8) is 0 Å². The van der Waals surface area contributed by atoms with E-state index in [9.17, 15) is 4.79 Å². The number of rotatable bonds is 7. The molecule has 6 nitrogen and oxygen atoms in total. The number of nitrogens with zero attached hydrogens (tertiary/aromatic N) is 3. The lowest BCUT2D eigenvalue weighted by Gasteiger charge is -2.38. The molecule has 3 aromatic rings. The number of ether oxygens (including phenoxy) is 1. The molecule has 30 heavy (non-hydrogen) atoms. The summed E-state index contributed by atoms with van der Waals surface area (Å²) in [4.78, 5) is 21.9. The summed E-state index contributed by atoms with van der Waals surface area (Å²) < 4.78 is 6.50. The second-order valence-corrected chi connectivity index (χ2v) is 8.58. The molecule has 1 amide bonds. The molecule has 0 spiro atoms. The minimum Gasteiger partial charge on any atom is -0.494 e. The van der Waals surface area contributed by atoms with Gasteiger partial charge in [-0.25, -0.2) is 4.98 Å². The van der Waals surface area contributed by atoms with Gasteiger partial charge in [-0.05, 0) is 56.7 Å². The molecule has 1 aliphatic rings. The number of carbonyl (C=O) groups is 1. The summed E-state index contributed by atoms with van der Waals surface area (Å²) in [6.07, 6.45) is 0. The van der Waals surface area contributed by atoms with Crippen molar-refractivity contribution in [2.75, 3.05) is 48.4 Å². The minimum absolute atomic E-state index is 0.0271. The SMILES string of the molecule is CCN(CC)c1ccc(NC(=O)C2CN(c3nc4c(OC)cccc4s3)C2)c(C)c1. The summed E-state index contributed by atoms with van der Waals surface area (Å²) in [6.45, 7) is 9.66. The van der Waals surface area contributed by atoms with Gasteiger partial charge in [0, 0.05) is 37.6 Å². The highest BCUT2D eigenvalue weighted by Crippen LogP contribution is 2.36. The van der Waals surface area contributed by atoms with E-state index in [2.05, 4.69) is 41.1 Å². The van der Waals surface area contributed by atoms with Gasteiger partial charge < -0.3 is 19.9 Å². The molecule has 1 aliphatic heterocycles. The Morgan fingerprint density at radius 1 is 1.27 bits per heavy atom. The summed E-state index contributed by atoms with van der Waals surface area (Å²) in [7, 11) is 1.66. The number of nitrogens with one attached hydrogen (secondary N) is 1. The van der Waals surface area contributed by atoms with E-state index in [1.165, 1.54) is 5.69 Å². The van der Waals surface area contributed by atoms with Gasteiger partial charge in [0.05, 0.1) is 17.7 Å². The molecule has 1 saturated heterocycles. The third-order valence-corrected chi connectivity index (χ3v) is 6.79. The third kappa shape index (κ3) is 3.81. The molecule has 0 unspecified atom stereocenters. The summed E-state index contributed by atoms with van der Waals surface area (Å²) in [6, 6.07) is 12.2. The Morgan fingerprint density at radius 2 is 2.03 bits per heavy atom. The van der Waals surface area contributed by atoms with Gasteiger partial charge in [0.2, 0.25) is 5.91 Å². The van der Waals surface area contributed by atoms with Crippen molar-refractivity contribution in [2.24, 2.45) is 5.92 Å². The van der Waals surface area contributed by atoms with Crippen LogP contribution in [-0.2, 0) is 4.79 Å². The van der Waals surface area contributed by atoms with Crippen LogP contribution in [0.2, 0.25) is 0 Å². The molecule has 0 saturated carbocycles. The quantitative estimate of drug-likeness (QED) is 0.604. The van der Waals surface area contributed by atoms with Gasteiger partial charge >= 0.3 is 0 Å². The maximum atomic E-state index is 12.7. The molecule has 0 aliphatic carbocycles. The minimum atomic E-state index is -0.0271. The second-order valence-electron chi connectivity index (χ2n) is 7.57. The van der Waals surface area contributed by atoms with Crippen molar-refractivity contribution in [3.05, 3.63) is 42.0 Å². The zero-order chi connectivity index (χ0) is 21.3. The second kappa shape index (κ2) is 8.52. The van der Waals surface area contributed by atoms with Crippen molar-refractivity contribution in [1.29, 1.82) is 0 Å². The topological polar surface area (TPSA) is 57.7 Å². The van der Waals surface area contributed by atoms with E-state index in [0.717, 1.165) is 45.4 Å². The average molecular weight is 425 g/mol. The van der Waals surface area contributed by atoms with Crippen LogP contribution in [0.15, 0.2) is 36.4 Å². The summed E-state index contributed by atoms with van der Waals surface area (Å²) in [5.41, 5.74) is 4.05. The number of para-hydroxylation sites is 1. The van der Waals surface area contributed by atoms with Gasteiger partial charge in [0.1, 0.15) is 11.3 Å². The van der Waals surface area contributed by atoms with E-state index in [-0.39, 0.29) is 11.8 Å². The van der Waals surface area contributed by atoms with Gasteiger partial charge in [-0.3, -0.25) is 4.79 Å².